The van der Waals surface area contributed by atoms with Gasteiger partial charge in [-0.3, -0.25) is 4.79 Å². The van der Waals surface area contributed by atoms with Crippen LogP contribution in [-0.2, 0) is 9.53 Å². The van der Waals surface area contributed by atoms with Crippen molar-refractivity contribution in [1.29, 1.82) is 0 Å². The zero-order valence-electron chi connectivity index (χ0n) is 14.1. The third-order valence-electron chi connectivity index (χ3n) is 3.51. The molecular formula is C17H20N4O4. The van der Waals surface area contributed by atoms with Gasteiger partial charge in [0.1, 0.15) is 0 Å². The highest BCUT2D eigenvalue weighted by Gasteiger charge is 2.24. The van der Waals surface area contributed by atoms with Crippen LogP contribution in [0.25, 0.3) is 5.69 Å². The van der Waals surface area contributed by atoms with Gasteiger partial charge in [-0.25, -0.2) is 9.48 Å². The molecule has 0 radical (unpaired) electrons. The van der Waals surface area contributed by atoms with Gasteiger partial charge in [0.15, 0.2) is 11.7 Å². The second-order valence-electron chi connectivity index (χ2n) is 5.46. The number of nitrogens with one attached hydrogen (secondary N) is 1. The van der Waals surface area contributed by atoms with Crippen LogP contribution in [0, 0.1) is 13.8 Å². The summed E-state index contributed by atoms with van der Waals surface area (Å²) < 4.78 is 6.63. The zero-order chi connectivity index (χ0) is 18.4. The monoisotopic (exact) mass is 344 g/mol. The number of carbonyl (C=O) groups excluding carboxylic acids is 1. The number of ether oxygens (including phenoxy) is 1. The highest BCUT2D eigenvalue weighted by molar-refractivity contribution is 5.95. The summed E-state index contributed by atoms with van der Waals surface area (Å²) in [6.45, 7) is 7.17. The van der Waals surface area contributed by atoms with Crippen molar-refractivity contribution in [3.63, 3.8) is 0 Å². The summed E-state index contributed by atoms with van der Waals surface area (Å²) in [5.74, 6) is -1.81. The van der Waals surface area contributed by atoms with Crippen LogP contribution in [0.1, 0.15) is 21.7 Å². The Hall–Kier alpha value is -3.00. The minimum atomic E-state index is -1.19. The fraction of sp³-hybridized carbons (Fsp3) is 0.294. The molecule has 132 valence electrons. The van der Waals surface area contributed by atoms with Crippen molar-refractivity contribution in [1.82, 2.24) is 20.3 Å². The third-order valence-corrected chi connectivity index (χ3v) is 3.51. The smallest absolute Gasteiger partial charge is 0.328 e. The number of rotatable bonds is 8. The molecule has 0 aliphatic carbocycles. The Morgan fingerprint density at radius 2 is 2.04 bits per heavy atom. The molecule has 0 spiro atoms. The predicted octanol–water partition coefficient (Wildman–Crippen LogP) is 1.27. The average molecular weight is 344 g/mol. The van der Waals surface area contributed by atoms with Gasteiger partial charge in [-0.05, 0) is 26.0 Å². The molecule has 1 heterocycles. The highest BCUT2D eigenvalue weighted by Crippen LogP contribution is 2.13. The van der Waals surface area contributed by atoms with Crippen LogP contribution in [0.2, 0.25) is 0 Å². The van der Waals surface area contributed by atoms with Gasteiger partial charge >= 0.3 is 5.97 Å². The number of carboxylic acids is 1. The minimum Gasteiger partial charge on any atom is -0.480 e. The lowest BCUT2D eigenvalue weighted by molar-refractivity contribution is -0.140. The molecule has 2 N–H and O–H groups in total. The van der Waals surface area contributed by atoms with Crippen molar-refractivity contribution in [2.45, 2.75) is 19.9 Å². The molecule has 2 rings (SSSR count). The maximum absolute atomic E-state index is 12.3. The van der Waals surface area contributed by atoms with Crippen molar-refractivity contribution < 1.29 is 19.4 Å². The summed E-state index contributed by atoms with van der Waals surface area (Å²) in [5, 5.41) is 19.4. The Labute approximate surface area is 145 Å². The van der Waals surface area contributed by atoms with E-state index in [9.17, 15) is 14.7 Å². The minimum absolute atomic E-state index is 0.0653. The molecule has 1 aromatic heterocycles. The van der Waals surface area contributed by atoms with Gasteiger partial charge in [0.25, 0.3) is 5.91 Å². The summed E-state index contributed by atoms with van der Waals surface area (Å²) in [5.41, 5.74) is 2.44. The largest absolute Gasteiger partial charge is 0.480 e. The Kier molecular flexibility index (Phi) is 6.02. The standard InChI is InChI=1S/C17H20N4O4/c1-4-9-25-10-14(17(23)24)18-16(22)15-12(3)21(20-19-15)13-7-5-11(2)6-8-13/h4-8,14H,1,9-10H2,2-3H3,(H,18,22)(H,23,24). The molecular weight excluding hydrogens is 324 g/mol. The quantitative estimate of drug-likeness (QED) is 0.552. The van der Waals surface area contributed by atoms with Crippen molar-refractivity contribution in [3.05, 3.63) is 53.9 Å². The number of benzene rings is 1. The van der Waals surface area contributed by atoms with Crippen LogP contribution in [0.15, 0.2) is 36.9 Å². The van der Waals surface area contributed by atoms with Gasteiger partial charge in [-0.2, -0.15) is 0 Å². The summed E-state index contributed by atoms with van der Waals surface area (Å²) in [6.07, 6.45) is 1.50. The Balaban J connectivity index is 2.15. The second kappa shape index (κ2) is 8.20. The van der Waals surface area contributed by atoms with Crippen molar-refractivity contribution in [3.8, 4) is 5.69 Å². The van der Waals surface area contributed by atoms with E-state index in [0.29, 0.717) is 5.69 Å². The van der Waals surface area contributed by atoms with E-state index < -0.39 is 17.9 Å². The van der Waals surface area contributed by atoms with Gasteiger partial charge in [0.05, 0.1) is 24.6 Å². The molecule has 0 saturated heterocycles. The number of carbonyl (C=O) groups is 2. The summed E-state index contributed by atoms with van der Waals surface area (Å²) >= 11 is 0. The molecule has 1 aromatic carbocycles. The SMILES string of the molecule is C=CCOCC(NC(=O)c1nnn(-c2ccc(C)cc2)c1C)C(=O)O. The lowest BCUT2D eigenvalue weighted by atomic mass is 10.2. The third kappa shape index (κ3) is 4.51. The summed E-state index contributed by atoms with van der Waals surface area (Å²) in [4.78, 5) is 23.6. The molecule has 0 aliphatic rings. The van der Waals surface area contributed by atoms with E-state index in [4.69, 9.17) is 4.74 Å². The number of aromatic nitrogens is 3. The van der Waals surface area contributed by atoms with Gasteiger partial charge in [0, 0.05) is 0 Å². The number of nitrogens with zero attached hydrogens (tertiary/aromatic N) is 3. The van der Waals surface area contributed by atoms with Crippen LogP contribution in [0.5, 0.6) is 0 Å². The van der Waals surface area contributed by atoms with E-state index in [0.717, 1.165) is 11.3 Å². The zero-order valence-corrected chi connectivity index (χ0v) is 14.1. The maximum Gasteiger partial charge on any atom is 0.328 e. The number of amides is 1. The van der Waals surface area contributed by atoms with E-state index in [1.54, 1.807) is 6.92 Å². The summed E-state index contributed by atoms with van der Waals surface area (Å²) in [6, 6.07) is 6.39. The Morgan fingerprint density at radius 1 is 1.36 bits per heavy atom. The molecule has 1 unspecified atom stereocenters. The lowest BCUT2D eigenvalue weighted by Crippen LogP contribution is -2.44. The number of aryl methyl sites for hydroxylation is 1. The molecule has 1 atom stereocenters. The molecule has 0 saturated carbocycles. The van der Waals surface area contributed by atoms with Crippen LogP contribution in [0.3, 0.4) is 0 Å². The van der Waals surface area contributed by atoms with Gasteiger partial charge < -0.3 is 15.2 Å². The van der Waals surface area contributed by atoms with Crippen molar-refractivity contribution in [2.75, 3.05) is 13.2 Å². The first-order chi connectivity index (χ1) is 11.9. The first kappa shape index (κ1) is 18.3. The van der Waals surface area contributed by atoms with Crippen LogP contribution in [-0.4, -0.2) is 51.2 Å². The highest BCUT2D eigenvalue weighted by atomic mass is 16.5. The molecule has 0 bridgehead atoms. The fourth-order valence-electron chi connectivity index (χ4n) is 2.14. The van der Waals surface area contributed by atoms with E-state index >= 15 is 0 Å². The predicted molar refractivity (Wildman–Crippen MR) is 90.7 cm³/mol. The fourth-order valence-corrected chi connectivity index (χ4v) is 2.14. The molecule has 0 fully saturated rings. The van der Waals surface area contributed by atoms with Crippen LogP contribution < -0.4 is 5.32 Å². The number of aliphatic carboxylic acids is 1. The van der Waals surface area contributed by atoms with E-state index in [1.807, 2.05) is 31.2 Å². The lowest BCUT2D eigenvalue weighted by Gasteiger charge is -2.13. The molecule has 8 nitrogen and oxygen atoms in total. The topological polar surface area (TPSA) is 106 Å². The Morgan fingerprint density at radius 3 is 2.64 bits per heavy atom. The maximum atomic E-state index is 12.3. The molecule has 8 heteroatoms. The first-order valence-electron chi connectivity index (χ1n) is 7.65. The van der Waals surface area contributed by atoms with E-state index in [-0.39, 0.29) is 18.9 Å². The average Bonchev–Trinajstić information content (AvgIpc) is 2.96. The number of hydrogen-bond donors (Lipinski definition) is 2. The van der Waals surface area contributed by atoms with E-state index in [1.165, 1.54) is 10.8 Å². The molecule has 0 aliphatic heterocycles. The molecule has 2 aromatic rings. The van der Waals surface area contributed by atoms with Gasteiger partial charge in [-0.1, -0.05) is 29.0 Å². The van der Waals surface area contributed by atoms with Crippen molar-refractivity contribution >= 4 is 11.9 Å². The van der Waals surface area contributed by atoms with E-state index in [2.05, 4.69) is 22.2 Å². The second-order valence-corrected chi connectivity index (χ2v) is 5.46. The number of carboxylic acid groups (broad SMARTS) is 1. The Bertz CT molecular complexity index is 767. The first-order valence-corrected chi connectivity index (χ1v) is 7.65. The van der Waals surface area contributed by atoms with Crippen molar-refractivity contribution in [2.24, 2.45) is 0 Å². The molecule has 1 amide bonds. The number of hydrogen-bond acceptors (Lipinski definition) is 5. The normalized spacial score (nSPS) is 11.8. The van der Waals surface area contributed by atoms with Crippen LogP contribution in [0.4, 0.5) is 0 Å². The van der Waals surface area contributed by atoms with Gasteiger partial charge in [-0.15, -0.1) is 11.7 Å². The summed E-state index contributed by atoms with van der Waals surface area (Å²) in [7, 11) is 0. The molecule has 25 heavy (non-hydrogen) atoms. The van der Waals surface area contributed by atoms with Crippen LogP contribution >= 0.6 is 0 Å². The van der Waals surface area contributed by atoms with Gasteiger partial charge in [0.2, 0.25) is 0 Å².